The first kappa shape index (κ1) is 65.8. The number of thiophene rings is 4. The lowest BCUT2D eigenvalue weighted by Crippen LogP contribution is -2.28. The van der Waals surface area contributed by atoms with Gasteiger partial charge in [-0.2, -0.15) is 12.9 Å². The second-order valence-corrected chi connectivity index (χ2v) is 32.4. The number of carbonyl (C=O) groups excluding carboxylic acids is 1. The molecular formula is C67H75N7O10S7. The van der Waals surface area contributed by atoms with E-state index in [1.54, 1.807) is 88.7 Å². The monoisotopic (exact) mass is 1360 g/mol. The summed E-state index contributed by atoms with van der Waals surface area (Å²) in [5, 5.41) is 22.0. The number of nitrogens with one attached hydrogen (secondary N) is 2. The fourth-order valence-electron chi connectivity index (χ4n) is 12.6. The number of aromatic nitrogens is 4. The third-order valence-corrected chi connectivity index (χ3v) is 26.7. The van der Waals surface area contributed by atoms with Crippen LogP contribution < -0.4 is 0 Å². The summed E-state index contributed by atoms with van der Waals surface area (Å²) in [5.74, 6) is -1.16. The van der Waals surface area contributed by atoms with Gasteiger partial charge in [0.25, 0.3) is 0 Å². The highest BCUT2D eigenvalue weighted by Gasteiger charge is 2.33. The lowest BCUT2D eigenvalue weighted by molar-refractivity contribution is -0.143. The standard InChI is InChI=1S/C22H26N2O4S2.C20H22N2O4S2.C18H20N2O2S2.C7H7NS/c1-3-28-21(25)15-24-16(2)19(18-10-13-29-22(18)24)14-17-8-4-5-9-20(17)30(26,27)23-11-6-7-12-23;1-14-17(16-8-11-27-20(16)22(14)13-19(23)24)12-15-6-2-3-7-18(15)28(25,26)21-9-4-5-10-21;1-13-16(15-8-11-23-18(15)19-13)12-14-6-2-3-7-17(14)24(21,22)20-9-4-5-10-20;1-5-4-6-2-3-9-7(6)8-5/h4-5,8-10,13H,3,6-7,11-12,14-15H2,1-2H3;2-3,6-8,11H,4-5,9-10,12-13H2,1H3,(H,23,24);2-3,6-8,11,19H,4-5,9-10,12H2,1H3;2-4,8H,1H3. The molecular weight excluding hydrogens is 1290 g/mol. The number of benzene rings is 3. The number of aryl methyl sites for hydroxylation is 2. The van der Waals surface area contributed by atoms with Crippen molar-refractivity contribution < 1.29 is 44.7 Å². The minimum Gasteiger partial charge on any atom is -0.480 e. The van der Waals surface area contributed by atoms with Crippen molar-refractivity contribution in [3.8, 4) is 0 Å². The van der Waals surface area contributed by atoms with Crippen molar-refractivity contribution in [2.75, 3.05) is 45.9 Å². The number of rotatable bonds is 17. The molecule has 0 bridgehead atoms. The molecule has 3 N–H and O–H groups in total. The fourth-order valence-corrected chi connectivity index (χ4v) is 21.5. The molecule has 8 aromatic heterocycles. The predicted molar refractivity (Wildman–Crippen MR) is 367 cm³/mol. The molecule has 0 amide bonds. The third-order valence-electron chi connectivity index (χ3n) is 17.2. The zero-order valence-corrected chi connectivity index (χ0v) is 57.3. The molecule has 0 spiro atoms. The first-order chi connectivity index (χ1) is 43.8. The number of carbonyl (C=O) groups is 2. The smallest absolute Gasteiger partial charge is 0.325 e. The van der Waals surface area contributed by atoms with Crippen molar-refractivity contribution in [3.05, 3.63) is 181 Å². The van der Waals surface area contributed by atoms with Gasteiger partial charge in [0.05, 0.1) is 26.1 Å². The van der Waals surface area contributed by atoms with Gasteiger partial charge in [-0.05, 0) is 177 Å². The molecule has 0 atom stereocenters. The van der Waals surface area contributed by atoms with Crippen molar-refractivity contribution in [1.29, 1.82) is 0 Å². The molecule has 3 saturated heterocycles. The van der Waals surface area contributed by atoms with Crippen LogP contribution in [0.25, 0.3) is 40.9 Å². The van der Waals surface area contributed by atoms with Crippen LogP contribution in [0.15, 0.2) is 139 Å². The number of aromatic amines is 2. The predicted octanol–water partition coefficient (Wildman–Crippen LogP) is 13.9. The molecule has 0 saturated carbocycles. The molecule has 0 radical (unpaired) electrons. The van der Waals surface area contributed by atoms with E-state index in [4.69, 9.17) is 4.74 Å². The average molecular weight is 1360 g/mol. The van der Waals surface area contributed by atoms with Crippen molar-refractivity contribution in [2.24, 2.45) is 0 Å². The van der Waals surface area contributed by atoms with Crippen molar-refractivity contribution in [3.63, 3.8) is 0 Å². The van der Waals surface area contributed by atoms with Crippen LogP contribution in [0, 0.1) is 27.7 Å². The van der Waals surface area contributed by atoms with E-state index in [2.05, 4.69) is 52.8 Å². The molecule has 24 heteroatoms. The Balaban J connectivity index is 0.000000131. The molecule has 11 heterocycles. The first-order valence-electron chi connectivity index (χ1n) is 30.6. The maximum absolute atomic E-state index is 13.2. The van der Waals surface area contributed by atoms with Gasteiger partial charge in [-0.25, -0.2) is 25.3 Å². The summed E-state index contributed by atoms with van der Waals surface area (Å²) < 4.78 is 92.4. The van der Waals surface area contributed by atoms with Crippen LogP contribution in [0.2, 0.25) is 0 Å². The second kappa shape index (κ2) is 28.3. The zero-order valence-electron chi connectivity index (χ0n) is 51.6. The summed E-state index contributed by atoms with van der Waals surface area (Å²) in [5.41, 5.74) is 9.85. The van der Waals surface area contributed by atoms with Gasteiger partial charge in [0.2, 0.25) is 30.1 Å². The number of fused-ring (bicyclic) bond motifs is 4. The summed E-state index contributed by atoms with van der Waals surface area (Å²) in [7, 11) is -10.4. The molecule has 480 valence electrons. The van der Waals surface area contributed by atoms with Crippen molar-refractivity contribution in [2.45, 2.75) is 120 Å². The van der Waals surface area contributed by atoms with Crippen molar-refractivity contribution >= 4 is 128 Å². The maximum Gasteiger partial charge on any atom is 0.325 e. The second-order valence-electron chi connectivity index (χ2n) is 23.0. The summed E-state index contributed by atoms with van der Waals surface area (Å²) in [6.45, 7) is 13.8. The number of hydrogen-bond acceptors (Lipinski definition) is 13. The highest BCUT2D eigenvalue weighted by molar-refractivity contribution is 7.89. The molecule has 11 aromatic rings. The molecule has 0 unspecified atom stereocenters. The number of carboxylic acid groups (broad SMARTS) is 1. The van der Waals surface area contributed by atoms with Gasteiger partial charge in [0.1, 0.15) is 27.6 Å². The molecule has 3 aliphatic rings. The Labute approximate surface area is 547 Å². The molecule has 14 rings (SSSR count). The number of hydrogen-bond donors (Lipinski definition) is 3. The van der Waals surface area contributed by atoms with Gasteiger partial charge in [-0.1, -0.05) is 54.6 Å². The number of aliphatic carboxylic acids is 1. The topological polar surface area (TPSA) is 217 Å². The molecule has 3 aliphatic heterocycles. The Morgan fingerprint density at radius 1 is 0.495 bits per heavy atom. The van der Waals surface area contributed by atoms with Crippen LogP contribution >= 0.6 is 45.3 Å². The number of ether oxygens (including phenoxy) is 1. The minimum atomic E-state index is -3.52. The molecule has 3 fully saturated rings. The molecule has 91 heavy (non-hydrogen) atoms. The van der Waals surface area contributed by atoms with Gasteiger partial charge in [-0.3, -0.25) is 9.59 Å². The van der Waals surface area contributed by atoms with E-state index in [1.165, 1.54) is 38.2 Å². The summed E-state index contributed by atoms with van der Waals surface area (Å²) in [6.07, 6.45) is 7.10. The Morgan fingerprint density at radius 2 is 0.890 bits per heavy atom. The van der Waals surface area contributed by atoms with E-state index in [0.717, 1.165) is 109 Å². The first-order valence-corrected chi connectivity index (χ1v) is 38.4. The van der Waals surface area contributed by atoms with Crippen LogP contribution in [0.3, 0.4) is 0 Å². The van der Waals surface area contributed by atoms with E-state index in [9.17, 15) is 39.9 Å². The summed E-state index contributed by atoms with van der Waals surface area (Å²) in [6, 6.07) is 32.3. The number of sulfonamides is 3. The van der Waals surface area contributed by atoms with E-state index in [1.807, 2.05) is 83.8 Å². The Bertz CT molecular complexity index is 4720. The van der Waals surface area contributed by atoms with Crippen LogP contribution in [-0.2, 0) is 76.7 Å². The van der Waals surface area contributed by atoms with Gasteiger partial charge in [-0.15, -0.1) is 45.3 Å². The third kappa shape index (κ3) is 14.0. The average Bonchev–Trinajstić information content (AvgIpc) is 1.73. The largest absolute Gasteiger partial charge is 0.480 e. The fraction of sp³-hybridized carbons (Fsp3) is 0.343. The van der Waals surface area contributed by atoms with E-state index >= 15 is 0 Å². The van der Waals surface area contributed by atoms with Crippen LogP contribution in [0.4, 0.5) is 0 Å². The van der Waals surface area contributed by atoms with E-state index in [-0.39, 0.29) is 19.1 Å². The maximum atomic E-state index is 13.2. The van der Waals surface area contributed by atoms with E-state index in [0.29, 0.717) is 79.8 Å². The summed E-state index contributed by atoms with van der Waals surface area (Å²) >= 11 is 6.52. The van der Waals surface area contributed by atoms with E-state index < -0.39 is 36.0 Å². The Morgan fingerprint density at radius 3 is 1.33 bits per heavy atom. The van der Waals surface area contributed by atoms with Crippen LogP contribution in [0.5, 0.6) is 0 Å². The quantitative estimate of drug-likeness (QED) is 0.0733. The van der Waals surface area contributed by atoms with Gasteiger partial charge in [0, 0.05) is 103 Å². The highest BCUT2D eigenvalue weighted by Crippen LogP contribution is 2.37. The Hall–Kier alpha value is -6.71. The number of nitrogens with zero attached hydrogens (tertiary/aromatic N) is 5. The van der Waals surface area contributed by atoms with Gasteiger partial charge in [0.15, 0.2) is 0 Å². The molecule has 3 aromatic carbocycles. The number of esters is 1. The normalized spacial score (nSPS) is 15.1. The van der Waals surface area contributed by atoms with Gasteiger partial charge < -0.3 is 28.9 Å². The van der Waals surface area contributed by atoms with Crippen LogP contribution in [-0.4, -0.2) is 120 Å². The number of H-pyrrole nitrogens is 2. The Kier molecular flexibility index (Phi) is 20.4. The molecule has 17 nitrogen and oxygen atoms in total. The lowest BCUT2D eigenvalue weighted by atomic mass is 10.0. The van der Waals surface area contributed by atoms with Crippen molar-refractivity contribution in [1.82, 2.24) is 32.0 Å². The highest BCUT2D eigenvalue weighted by atomic mass is 32.2. The molecule has 0 aliphatic carbocycles. The van der Waals surface area contributed by atoms with Crippen LogP contribution in [0.1, 0.15) is 102 Å². The van der Waals surface area contributed by atoms with Gasteiger partial charge >= 0.3 is 11.9 Å². The number of carboxylic acids is 1. The lowest BCUT2D eigenvalue weighted by Gasteiger charge is -2.18. The zero-order chi connectivity index (χ0) is 64.2. The minimum absolute atomic E-state index is 0.101. The summed E-state index contributed by atoms with van der Waals surface area (Å²) in [4.78, 5) is 35.6. The SMILES string of the molecule is CCOC(=O)Cn1c(C)c(Cc2ccccc2S(=O)(=O)N2CCCC2)c2ccsc21.Cc1[nH]c2sccc2c1Cc1ccccc1S(=O)(=O)N1CCCC1.Cc1c(Cc2ccccc2S(=O)(=O)N2CCCC2)c2ccsc2n1CC(=O)O.Cc1cc2ccsc2[nH]1.